The molecule has 1 unspecified atom stereocenters. The molecular weight excluding hydrogens is 352 g/mol. The third-order valence-electron chi connectivity index (χ3n) is 2.17. The monoisotopic (exact) mass is 364 g/mol. The van der Waals surface area contributed by atoms with Crippen molar-refractivity contribution in [3.05, 3.63) is 32.7 Å². The van der Waals surface area contributed by atoms with E-state index in [0.717, 1.165) is 15.4 Å². The third kappa shape index (κ3) is 4.41. The Morgan fingerprint density at radius 3 is 2.82 bits per heavy atom. The molecule has 0 aliphatic carbocycles. The van der Waals surface area contributed by atoms with Gasteiger partial charge in [-0.1, -0.05) is 19.1 Å². The summed E-state index contributed by atoms with van der Waals surface area (Å²) >= 11 is 6.71. The minimum absolute atomic E-state index is 0.0327. The third-order valence-corrected chi connectivity index (χ3v) is 4.25. The van der Waals surface area contributed by atoms with E-state index in [0.29, 0.717) is 12.2 Å². The molecule has 1 aromatic carbocycles. The van der Waals surface area contributed by atoms with E-state index in [9.17, 15) is 9.90 Å². The van der Waals surface area contributed by atoms with Crippen molar-refractivity contribution in [3.63, 3.8) is 0 Å². The Kier molecular flexibility index (Phi) is 6.16. The van der Waals surface area contributed by atoms with E-state index in [-0.39, 0.29) is 12.4 Å². The summed E-state index contributed by atoms with van der Waals surface area (Å²) < 4.78 is 6.53. The van der Waals surface area contributed by atoms with Gasteiger partial charge in [-0.05, 0) is 49.9 Å². The van der Waals surface area contributed by atoms with Gasteiger partial charge in [0.1, 0.15) is 0 Å². The number of ether oxygens (including phenoxy) is 1. The Hall–Kier alpha value is -0.390. The van der Waals surface area contributed by atoms with Crippen molar-refractivity contribution < 1.29 is 14.6 Å². The second kappa shape index (κ2) is 7.13. The second-order valence-corrected chi connectivity index (χ2v) is 5.23. The van der Waals surface area contributed by atoms with Crippen LogP contribution in [0.1, 0.15) is 31.4 Å². The molecule has 0 aliphatic heterocycles. The number of hydrogen-bond donors (Lipinski definition) is 1. The minimum atomic E-state index is -0.855. The lowest BCUT2D eigenvalue weighted by atomic mass is 10.1. The Bertz CT molecular complexity index is 393. The molecule has 1 N–H and O–H groups in total. The molecule has 1 atom stereocenters. The molecule has 94 valence electrons. The van der Waals surface area contributed by atoms with Crippen LogP contribution >= 0.6 is 31.9 Å². The van der Waals surface area contributed by atoms with Crippen molar-refractivity contribution in [1.29, 1.82) is 0 Å². The van der Waals surface area contributed by atoms with Crippen LogP contribution in [0, 0.1) is 0 Å². The number of halogens is 2. The molecule has 0 bridgehead atoms. The zero-order valence-corrected chi connectivity index (χ0v) is 12.6. The smallest absolute Gasteiger partial charge is 0.308 e. The van der Waals surface area contributed by atoms with Gasteiger partial charge in [-0.2, -0.15) is 0 Å². The number of hydrogen-bond acceptors (Lipinski definition) is 3. The highest BCUT2D eigenvalue weighted by molar-refractivity contribution is 9.13. The quantitative estimate of drug-likeness (QED) is 0.811. The van der Waals surface area contributed by atoms with Crippen molar-refractivity contribution in [2.75, 3.05) is 6.61 Å². The summed E-state index contributed by atoms with van der Waals surface area (Å²) in [6.45, 7) is 2.32. The average molecular weight is 366 g/mol. The maximum atomic E-state index is 11.4. The largest absolute Gasteiger partial charge is 0.466 e. The molecule has 0 spiro atoms. The fourth-order valence-corrected chi connectivity index (χ4v) is 2.23. The van der Waals surface area contributed by atoms with E-state index in [4.69, 9.17) is 4.74 Å². The number of carbonyl (C=O) groups is 1. The van der Waals surface area contributed by atoms with Gasteiger partial charge in [-0.15, -0.1) is 0 Å². The first kappa shape index (κ1) is 14.7. The summed E-state index contributed by atoms with van der Waals surface area (Å²) in [4.78, 5) is 11.4. The molecule has 0 saturated carbocycles. The summed E-state index contributed by atoms with van der Waals surface area (Å²) in [5, 5.41) is 9.94. The molecule has 0 amide bonds. The zero-order valence-electron chi connectivity index (χ0n) is 9.45. The predicted molar refractivity (Wildman–Crippen MR) is 72.7 cm³/mol. The number of aliphatic hydroxyl groups is 1. The molecule has 17 heavy (non-hydrogen) atoms. The molecule has 0 aliphatic rings. The highest BCUT2D eigenvalue weighted by atomic mass is 79.9. The fraction of sp³-hybridized carbons (Fsp3) is 0.417. The molecule has 3 nitrogen and oxygen atoms in total. The first-order valence-corrected chi connectivity index (χ1v) is 6.92. The van der Waals surface area contributed by atoms with Crippen LogP contribution < -0.4 is 0 Å². The zero-order chi connectivity index (χ0) is 12.8. The summed E-state index contributed by atoms with van der Waals surface area (Å²) in [5.74, 6) is -0.383. The van der Waals surface area contributed by atoms with Crippen LogP contribution in [0.5, 0.6) is 0 Å². The maximum absolute atomic E-state index is 11.4. The van der Waals surface area contributed by atoms with Gasteiger partial charge in [0.15, 0.2) is 0 Å². The van der Waals surface area contributed by atoms with Crippen molar-refractivity contribution >= 4 is 37.8 Å². The van der Waals surface area contributed by atoms with E-state index >= 15 is 0 Å². The number of esters is 1. The van der Waals surface area contributed by atoms with Crippen LogP contribution in [0.3, 0.4) is 0 Å². The lowest BCUT2D eigenvalue weighted by Gasteiger charge is -2.13. The lowest BCUT2D eigenvalue weighted by molar-refractivity contribution is -0.146. The van der Waals surface area contributed by atoms with E-state index in [1.165, 1.54) is 0 Å². The topological polar surface area (TPSA) is 46.5 Å². The van der Waals surface area contributed by atoms with Crippen LogP contribution in [-0.4, -0.2) is 17.7 Å². The van der Waals surface area contributed by atoms with Gasteiger partial charge in [0.25, 0.3) is 0 Å². The highest BCUT2D eigenvalue weighted by Gasteiger charge is 2.17. The maximum Gasteiger partial charge on any atom is 0.308 e. The van der Waals surface area contributed by atoms with Crippen molar-refractivity contribution in [2.24, 2.45) is 0 Å². The van der Waals surface area contributed by atoms with Gasteiger partial charge in [-0.3, -0.25) is 4.79 Å². The fourth-order valence-electron chi connectivity index (χ4n) is 1.32. The first-order chi connectivity index (χ1) is 8.06. The van der Waals surface area contributed by atoms with E-state index in [1.54, 1.807) is 6.07 Å². The predicted octanol–water partition coefficient (Wildman–Crippen LogP) is 3.59. The number of benzene rings is 1. The standard InChI is InChI=1S/C12H14Br2O3/c1-2-6-17-11(16)7-10(15)8-4-3-5-9(13)12(8)14/h3-5,10,15H,2,6-7H2,1H3. The molecular formula is C12H14Br2O3. The molecule has 0 fully saturated rings. The van der Waals surface area contributed by atoms with Crippen molar-refractivity contribution in [1.82, 2.24) is 0 Å². The van der Waals surface area contributed by atoms with Crippen molar-refractivity contribution in [3.8, 4) is 0 Å². The molecule has 5 heteroatoms. The normalized spacial score (nSPS) is 12.2. The van der Waals surface area contributed by atoms with Crippen molar-refractivity contribution in [2.45, 2.75) is 25.9 Å². The van der Waals surface area contributed by atoms with Crippen LogP contribution in [0.25, 0.3) is 0 Å². The number of aliphatic hydroxyl groups excluding tert-OH is 1. The molecule has 0 radical (unpaired) electrons. The van der Waals surface area contributed by atoms with Gasteiger partial charge < -0.3 is 9.84 Å². The minimum Gasteiger partial charge on any atom is -0.466 e. The Labute approximate surface area is 117 Å². The van der Waals surface area contributed by atoms with Crippen LogP contribution in [-0.2, 0) is 9.53 Å². The summed E-state index contributed by atoms with van der Waals surface area (Å²) in [7, 11) is 0. The molecule has 0 aromatic heterocycles. The van der Waals surface area contributed by atoms with Gasteiger partial charge in [0, 0.05) is 8.95 Å². The lowest BCUT2D eigenvalue weighted by Crippen LogP contribution is -2.11. The van der Waals surface area contributed by atoms with E-state index < -0.39 is 6.10 Å². The van der Waals surface area contributed by atoms with E-state index in [1.807, 2.05) is 19.1 Å². The Balaban J connectivity index is 2.66. The molecule has 1 aromatic rings. The molecule has 0 heterocycles. The molecule has 0 saturated heterocycles. The van der Waals surface area contributed by atoms with Gasteiger partial charge in [0.05, 0.1) is 19.1 Å². The summed E-state index contributed by atoms with van der Waals surface area (Å²) in [6.07, 6.45) is -0.108. The van der Waals surface area contributed by atoms with Gasteiger partial charge in [0.2, 0.25) is 0 Å². The van der Waals surface area contributed by atoms with Crippen LogP contribution in [0.15, 0.2) is 27.1 Å². The average Bonchev–Trinajstić information content (AvgIpc) is 2.29. The van der Waals surface area contributed by atoms with Crippen LogP contribution in [0.2, 0.25) is 0 Å². The number of carbonyl (C=O) groups excluding carboxylic acids is 1. The summed E-state index contributed by atoms with van der Waals surface area (Å²) in [5.41, 5.74) is 0.674. The van der Waals surface area contributed by atoms with Gasteiger partial charge in [-0.25, -0.2) is 0 Å². The van der Waals surface area contributed by atoms with E-state index in [2.05, 4.69) is 31.9 Å². The Morgan fingerprint density at radius 1 is 1.47 bits per heavy atom. The Morgan fingerprint density at radius 2 is 2.18 bits per heavy atom. The SMILES string of the molecule is CCCOC(=O)CC(O)c1cccc(Br)c1Br. The summed E-state index contributed by atoms with van der Waals surface area (Å²) in [6, 6.07) is 5.44. The first-order valence-electron chi connectivity index (χ1n) is 5.33. The van der Waals surface area contributed by atoms with Gasteiger partial charge >= 0.3 is 5.97 Å². The number of rotatable bonds is 5. The van der Waals surface area contributed by atoms with Crippen LogP contribution in [0.4, 0.5) is 0 Å². The molecule has 1 rings (SSSR count). The second-order valence-electron chi connectivity index (χ2n) is 3.58. The highest BCUT2D eigenvalue weighted by Crippen LogP contribution is 2.31.